The Hall–Kier alpha value is -2.29. The van der Waals surface area contributed by atoms with Crippen molar-refractivity contribution in [1.29, 1.82) is 0 Å². The maximum absolute atomic E-state index is 13.0. The highest BCUT2D eigenvalue weighted by Gasteiger charge is 2.35. The molecule has 9 heteroatoms. The first-order valence-corrected chi connectivity index (χ1v) is 10.2. The lowest BCUT2D eigenvalue weighted by Gasteiger charge is -2.43. The Morgan fingerprint density at radius 1 is 1.26 bits per heavy atom. The molecule has 3 rings (SSSR count). The van der Waals surface area contributed by atoms with E-state index in [4.69, 9.17) is 21.4 Å². The van der Waals surface area contributed by atoms with Crippen molar-refractivity contribution >= 4 is 17.6 Å². The zero-order valence-electron chi connectivity index (χ0n) is 16.8. The van der Waals surface area contributed by atoms with E-state index in [9.17, 15) is 23.1 Å². The van der Waals surface area contributed by atoms with E-state index in [1.807, 2.05) is 11.8 Å². The van der Waals surface area contributed by atoms with Gasteiger partial charge in [-0.3, -0.25) is 9.69 Å². The van der Waals surface area contributed by atoms with Gasteiger partial charge in [0.15, 0.2) is 0 Å². The minimum atomic E-state index is -4.42. The maximum atomic E-state index is 13.0. The summed E-state index contributed by atoms with van der Waals surface area (Å²) in [5, 5.41) is 19.0. The van der Waals surface area contributed by atoms with Gasteiger partial charge in [-0.2, -0.15) is 13.2 Å². The largest absolute Gasteiger partial charge is 0.493 e. The van der Waals surface area contributed by atoms with Gasteiger partial charge < -0.3 is 14.9 Å². The average molecular weight is 458 g/mol. The smallest absolute Gasteiger partial charge is 0.416 e. The second-order valence-corrected chi connectivity index (χ2v) is 8.13. The number of aliphatic hydroxyl groups excluding tert-OH is 1. The summed E-state index contributed by atoms with van der Waals surface area (Å²) in [5.41, 5.74) is 0.183. The number of benzene rings is 2. The van der Waals surface area contributed by atoms with Crippen LogP contribution in [-0.4, -0.2) is 40.8 Å². The Morgan fingerprint density at radius 3 is 2.61 bits per heavy atom. The van der Waals surface area contributed by atoms with Crippen LogP contribution in [0.25, 0.3) is 0 Å². The summed E-state index contributed by atoms with van der Waals surface area (Å²) in [6.45, 7) is 3.52. The highest BCUT2D eigenvalue weighted by molar-refractivity contribution is 6.31. The molecule has 0 radical (unpaired) electrons. The SMILES string of the molecule is CC(c1cc(C(F)(F)F)ccc1Cl)N1CC(COc2cccc([C@H](O)CC(=O)O)c2)C1. The summed E-state index contributed by atoms with van der Waals surface area (Å²) in [7, 11) is 0. The minimum absolute atomic E-state index is 0.194. The third-order valence-corrected chi connectivity index (χ3v) is 5.75. The molecule has 2 N–H and O–H groups in total. The number of carboxylic acids is 1. The fraction of sp³-hybridized carbons (Fsp3) is 0.409. The first kappa shape index (κ1) is 23.4. The number of alkyl halides is 3. The van der Waals surface area contributed by atoms with Crippen molar-refractivity contribution < 1.29 is 32.9 Å². The fourth-order valence-electron chi connectivity index (χ4n) is 3.58. The van der Waals surface area contributed by atoms with Gasteiger partial charge in [0.05, 0.1) is 24.7 Å². The molecular weight excluding hydrogens is 435 g/mol. The van der Waals surface area contributed by atoms with Crippen molar-refractivity contribution in [2.24, 2.45) is 5.92 Å². The Balaban J connectivity index is 1.54. The van der Waals surface area contributed by atoms with Gasteiger partial charge in [-0.1, -0.05) is 23.7 Å². The molecule has 1 unspecified atom stereocenters. The quantitative estimate of drug-likeness (QED) is 0.587. The number of nitrogens with zero attached hydrogens (tertiary/aromatic N) is 1. The standard InChI is InChI=1S/C22H23ClF3NO4/c1-13(18-8-16(22(24,25)26)5-6-19(18)23)27-10-14(11-27)12-31-17-4-2-3-15(7-17)20(28)9-21(29)30/h2-8,13-14,20,28H,9-12H2,1H3,(H,29,30)/t13?,20-/m1/s1. The first-order chi connectivity index (χ1) is 14.5. The number of aliphatic hydroxyl groups is 1. The van der Waals surface area contributed by atoms with E-state index >= 15 is 0 Å². The molecule has 0 spiro atoms. The van der Waals surface area contributed by atoms with Gasteiger partial charge in [0.2, 0.25) is 0 Å². The molecule has 5 nitrogen and oxygen atoms in total. The van der Waals surface area contributed by atoms with Crippen molar-refractivity contribution in [3.05, 3.63) is 64.2 Å². The van der Waals surface area contributed by atoms with Gasteiger partial charge in [-0.05, 0) is 48.4 Å². The highest BCUT2D eigenvalue weighted by atomic mass is 35.5. The van der Waals surface area contributed by atoms with Crippen LogP contribution >= 0.6 is 11.6 Å². The molecule has 0 aromatic heterocycles. The van der Waals surface area contributed by atoms with Gasteiger partial charge in [0.1, 0.15) is 5.75 Å². The number of aliphatic carboxylic acids is 1. The molecule has 0 bridgehead atoms. The Bertz CT molecular complexity index is 931. The number of carboxylic acid groups (broad SMARTS) is 1. The third-order valence-electron chi connectivity index (χ3n) is 5.40. The summed E-state index contributed by atoms with van der Waals surface area (Å²) in [6.07, 6.45) is -5.92. The van der Waals surface area contributed by atoms with Crippen LogP contribution in [0, 0.1) is 5.92 Å². The topological polar surface area (TPSA) is 70.0 Å². The normalized spacial score (nSPS) is 17.1. The molecule has 1 aliphatic rings. The van der Waals surface area contributed by atoms with Crippen LogP contribution in [-0.2, 0) is 11.0 Å². The van der Waals surface area contributed by atoms with E-state index in [-0.39, 0.29) is 12.0 Å². The molecule has 2 aromatic carbocycles. The van der Waals surface area contributed by atoms with Gasteiger partial charge in [0, 0.05) is 30.1 Å². The molecule has 0 aliphatic carbocycles. The van der Waals surface area contributed by atoms with Gasteiger partial charge in [-0.15, -0.1) is 0 Å². The molecule has 0 saturated carbocycles. The van der Waals surface area contributed by atoms with Crippen molar-refractivity contribution in [2.45, 2.75) is 31.7 Å². The highest BCUT2D eigenvalue weighted by Crippen LogP contribution is 2.37. The number of ether oxygens (including phenoxy) is 1. The zero-order chi connectivity index (χ0) is 22.8. The monoisotopic (exact) mass is 457 g/mol. The molecule has 2 aromatic rings. The molecule has 2 atom stereocenters. The number of likely N-dealkylation sites (tertiary alicyclic amines) is 1. The summed E-state index contributed by atoms with van der Waals surface area (Å²) in [5.74, 6) is -0.377. The summed E-state index contributed by atoms with van der Waals surface area (Å²) < 4.78 is 44.8. The van der Waals surface area contributed by atoms with E-state index < -0.39 is 30.2 Å². The molecule has 31 heavy (non-hydrogen) atoms. The lowest BCUT2D eigenvalue weighted by atomic mass is 9.95. The van der Waals surface area contributed by atoms with Crippen molar-refractivity contribution in [3.63, 3.8) is 0 Å². The summed E-state index contributed by atoms with van der Waals surface area (Å²) in [6, 6.07) is 9.74. The van der Waals surface area contributed by atoms with Crippen LogP contribution in [0.1, 0.15) is 42.2 Å². The van der Waals surface area contributed by atoms with E-state index in [2.05, 4.69) is 0 Å². The molecule has 1 aliphatic heterocycles. The van der Waals surface area contributed by atoms with Crippen LogP contribution < -0.4 is 4.74 Å². The zero-order valence-corrected chi connectivity index (χ0v) is 17.5. The second kappa shape index (κ2) is 9.46. The van der Waals surface area contributed by atoms with Gasteiger partial charge in [0.25, 0.3) is 0 Å². The van der Waals surface area contributed by atoms with Gasteiger partial charge in [-0.25, -0.2) is 0 Å². The molecular formula is C22H23ClF3NO4. The molecule has 1 fully saturated rings. The lowest BCUT2D eigenvalue weighted by Crippen LogP contribution is -2.50. The predicted octanol–water partition coefficient (Wildman–Crippen LogP) is 4.94. The van der Waals surface area contributed by atoms with E-state index in [0.717, 1.165) is 12.1 Å². The maximum Gasteiger partial charge on any atom is 0.416 e. The molecule has 0 amide bonds. The van der Waals surface area contributed by atoms with Crippen LogP contribution in [0.4, 0.5) is 13.2 Å². The number of hydrogen-bond acceptors (Lipinski definition) is 4. The lowest BCUT2D eigenvalue weighted by molar-refractivity contribution is -0.139. The Labute approximate surface area is 183 Å². The number of hydrogen-bond donors (Lipinski definition) is 2. The molecule has 168 valence electrons. The number of carbonyl (C=O) groups is 1. The van der Waals surface area contributed by atoms with E-state index in [0.29, 0.717) is 41.6 Å². The summed E-state index contributed by atoms with van der Waals surface area (Å²) >= 11 is 6.14. The summed E-state index contributed by atoms with van der Waals surface area (Å²) in [4.78, 5) is 12.8. The van der Waals surface area contributed by atoms with E-state index in [1.165, 1.54) is 6.07 Å². The predicted molar refractivity (Wildman–Crippen MR) is 109 cm³/mol. The second-order valence-electron chi connectivity index (χ2n) is 7.73. The average Bonchev–Trinajstić information content (AvgIpc) is 2.65. The van der Waals surface area contributed by atoms with Crippen LogP contribution in [0.15, 0.2) is 42.5 Å². The minimum Gasteiger partial charge on any atom is -0.493 e. The van der Waals surface area contributed by atoms with Crippen LogP contribution in [0.5, 0.6) is 5.75 Å². The fourth-order valence-corrected chi connectivity index (χ4v) is 3.85. The first-order valence-electron chi connectivity index (χ1n) is 9.78. The van der Waals surface area contributed by atoms with E-state index in [1.54, 1.807) is 24.3 Å². The molecule has 1 saturated heterocycles. The van der Waals surface area contributed by atoms with Gasteiger partial charge >= 0.3 is 12.1 Å². The molecule has 1 heterocycles. The van der Waals surface area contributed by atoms with Crippen molar-refractivity contribution in [1.82, 2.24) is 4.90 Å². The Kier molecular flexibility index (Phi) is 7.13. The van der Waals surface area contributed by atoms with Crippen molar-refractivity contribution in [3.8, 4) is 5.75 Å². The Morgan fingerprint density at radius 2 is 1.97 bits per heavy atom. The third kappa shape index (κ3) is 5.90. The van der Waals surface area contributed by atoms with Crippen LogP contribution in [0.2, 0.25) is 5.02 Å². The van der Waals surface area contributed by atoms with Crippen molar-refractivity contribution in [2.75, 3.05) is 19.7 Å². The number of rotatable bonds is 8. The van der Waals surface area contributed by atoms with Crippen LogP contribution in [0.3, 0.4) is 0 Å². The number of halogens is 4.